The molecule has 1 aromatic carbocycles. The Bertz CT molecular complexity index is 634. The van der Waals surface area contributed by atoms with Crippen molar-refractivity contribution in [2.75, 3.05) is 0 Å². The van der Waals surface area contributed by atoms with Gasteiger partial charge >= 0.3 is 0 Å². The Labute approximate surface area is 118 Å². The van der Waals surface area contributed by atoms with E-state index < -0.39 is 14.9 Å². The molecule has 0 spiro atoms. The Morgan fingerprint density at radius 1 is 1.25 bits per heavy atom. The van der Waals surface area contributed by atoms with E-state index in [2.05, 4.69) is 4.72 Å². The molecule has 1 saturated carbocycles. The third kappa shape index (κ3) is 2.99. The van der Waals surface area contributed by atoms with Gasteiger partial charge in [-0.1, -0.05) is 12.8 Å². The van der Waals surface area contributed by atoms with Crippen molar-refractivity contribution < 1.29 is 13.3 Å². The van der Waals surface area contributed by atoms with Gasteiger partial charge in [0.25, 0.3) is 5.69 Å². The zero-order valence-electron chi connectivity index (χ0n) is 11.5. The van der Waals surface area contributed by atoms with Crippen LogP contribution in [0.4, 0.5) is 5.69 Å². The predicted molar refractivity (Wildman–Crippen MR) is 75.1 cm³/mol. The number of rotatable bonds is 4. The summed E-state index contributed by atoms with van der Waals surface area (Å²) in [6, 6.07) is 2.57. The molecule has 0 aromatic heterocycles. The van der Waals surface area contributed by atoms with Gasteiger partial charge in [0, 0.05) is 17.7 Å². The van der Waals surface area contributed by atoms with E-state index in [-0.39, 0.29) is 16.6 Å². The average Bonchev–Trinajstić information content (AvgIpc) is 2.83. The van der Waals surface area contributed by atoms with Crippen molar-refractivity contribution in [2.45, 2.75) is 50.5 Å². The van der Waals surface area contributed by atoms with Crippen LogP contribution in [-0.2, 0) is 10.0 Å². The predicted octanol–water partition coefficient (Wildman–Crippen LogP) is 2.43. The second-order valence-corrected chi connectivity index (χ2v) is 6.96. The van der Waals surface area contributed by atoms with Gasteiger partial charge in [0.1, 0.15) is 0 Å². The number of nitrogens with zero attached hydrogens (tertiary/aromatic N) is 1. The summed E-state index contributed by atoms with van der Waals surface area (Å²) in [6.45, 7) is 3.30. The fourth-order valence-corrected chi connectivity index (χ4v) is 3.89. The maximum absolute atomic E-state index is 12.3. The van der Waals surface area contributed by atoms with E-state index >= 15 is 0 Å². The second-order valence-electron chi connectivity index (χ2n) is 5.24. The summed E-state index contributed by atoms with van der Waals surface area (Å²) in [5.74, 6) is 0. The highest BCUT2D eigenvalue weighted by molar-refractivity contribution is 7.89. The summed E-state index contributed by atoms with van der Waals surface area (Å²) in [6.07, 6.45) is 3.68. The average molecular weight is 298 g/mol. The first-order valence-electron chi connectivity index (χ1n) is 6.59. The number of nitrogens with one attached hydrogen (secondary N) is 1. The van der Waals surface area contributed by atoms with Crippen LogP contribution in [0.3, 0.4) is 0 Å². The van der Waals surface area contributed by atoms with Crippen molar-refractivity contribution in [1.82, 2.24) is 4.72 Å². The molecule has 0 aliphatic heterocycles. The van der Waals surface area contributed by atoms with E-state index in [1.807, 2.05) is 0 Å². The smallest absolute Gasteiger partial charge is 0.258 e. The van der Waals surface area contributed by atoms with Crippen LogP contribution < -0.4 is 4.72 Å². The first-order chi connectivity index (χ1) is 9.31. The van der Waals surface area contributed by atoms with E-state index in [0.717, 1.165) is 31.7 Å². The number of nitro groups is 1. The molecular weight excluding hydrogens is 280 g/mol. The SMILES string of the molecule is Cc1cc(S(=O)(=O)NC2CCCC2)cc([N+](=O)[O-])c1C. The number of hydrogen-bond acceptors (Lipinski definition) is 4. The molecule has 7 heteroatoms. The highest BCUT2D eigenvalue weighted by Crippen LogP contribution is 2.27. The molecule has 1 N–H and O–H groups in total. The minimum Gasteiger partial charge on any atom is -0.258 e. The summed E-state index contributed by atoms with van der Waals surface area (Å²) in [4.78, 5) is 10.4. The summed E-state index contributed by atoms with van der Waals surface area (Å²) < 4.78 is 27.2. The van der Waals surface area contributed by atoms with Gasteiger partial charge in [0.05, 0.1) is 9.82 Å². The lowest BCUT2D eigenvalue weighted by Gasteiger charge is -2.13. The molecule has 2 rings (SSSR count). The lowest BCUT2D eigenvalue weighted by molar-refractivity contribution is -0.385. The van der Waals surface area contributed by atoms with Crippen molar-refractivity contribution in [3.8, 4) is 0 Å². The van der Waals surface area contributed by atoms with Crippen LogP contribution in [-0.4, -0.2) is 19.4 Å². The van der Waals surface area contributed by atoms with Gasteiger partial charge in [-0.15, -0.1) is 0 Å². The second kappa shape index (κ2) is 5.49. The lowest BCUT2D eigenvalue weighted by atomic mass is 10.1. The number of sulfonamides is 1. The fourth-order valence-electron chi connectivity index (χ4n) is 2.48. The zero-order valence-corrected chi connectivity index (χ0v) is 12.4. The van der Waals surface area contributed by atoms with Crippen molar-refractivity contribution in [3.63, 3.8) is 0 Å². The first kappa shape index (κ1) is 14.9. The third-order valence-corrected chi connectivity index (χ3v) is 5.30. The van der Waals surface area contributed by atoms with Crippen LogP contribution in [0.1, 0.15) is 36.8 Å². The topological polar surface area (TPSA) is 89.3 Å². The highest BCUT2D eigenvalue weighted by atomic mass is 32.2. The van der Waals surface area contributed by atoms with E-state index in [1.165, 1.54) is 6.07 Å². The van der Waals surface area contributed by atoms with Crippen LogP contribution >= 0.6 is 0 Å². The molecule has 0 saturated heterocycles. The first-order valence-corrected chi connectivity index (χ1v) is 8.07. The minimum absolute atomic E-state index is 0.0285. The van der Waals surface area contributed by atoms with E-state index in [4.69, 9.17) is 0 Å². The fraction of sp³-hybridized carbons (Fsp3) is 0.538. The molecule has 6 nitrogen and oxygen atoms in total. The standard InChI is InChI=1S/C13H18N2O4S/c1-9-7-12(8-13(10(9)2)15(16)17)20(18,19)14-11-5-3-4-6-11/h7-8,11,14H,3-6H2,1-2H3. The molecule has 0 unspecified atom stereocenters. The Hall–Kier alpha value is -1.47. The van der Waals surface area contributed by atoms with Crippen molar-refractivity contribution in [1.29, 1.82) is 0 Å². The Morgan fingerprint density at radius 3 is 2.40 bits per heavy atom. The number of aryl methyl sites for hydroxylation is 1. The van der Waals surface area contributed by atoms with E-state index in [0.29, 0.717) is 11.1 Å². The molecule has 1 fully saturated rings. The number of hydrogen-bond donors (Lipinski definition) is 1. The maximum atomic E-state index is 12.3. The van der Waals surface area contributed by atoms with Gasteiger partial charge in [-0.25, -0.2) is 13.1 Å². The molecule has 110 valence electrons. The monoisotopic (exact) mass is 298 g/mol. The van der Waals surface area contributed by atoms with Gasteiger partial charge in [-0.3, -0.25) is 10.1 Å². The molecule has 1 aliphatic rings. The molecular formula is C13H18N2O4S. The van der Waals surface area contributed by atoms with Crippen LogP contribution in [0.25, 0.3) is 0 Å². The molecule has 0 amide bonds. The van der Waals surface area contributed by atoms with Crippen LogP contribution in [0, 0.1) is 24.0 Å². The quantitative estimate of drug-likeness (QED) is 0.683. The number of benzene rings is 1. The van der Waals surface area contributed by atoms with Crippen LogP contribution in [0.5, 0.6) is 0 Å². The van der Waals surface area contributed by atoms with Crippen molar-refractivity contribution in [3.05, 3.63) is 33.4 Å². The largest absolute Gasteiger partial charge is 0.273 e. The Morgan fingerprint density at radius 2 is 1.85 bits per heavy atom. The molecule has 1 aromatic rings. The summed E-state index contributed by atoms with van der Waals surface area (Å²) in [5.41, 5.74) is 0.942. The summed E-state index contributed by atoms with van der Waals surface area (Å²) >= 11 is 0. The van der Waals surface area contributed by atoms with Gasteiger partial charge in [0.15, 0.2) is 0 Å². The van der Waals surface area contributed by atoms with Gasteiger partial charge in [-0.05, 0) is 38.3 Å². The van der Waals surface area contributed by atoms with Crippen molar-refractivity contribution in [2.24, 2.45) is 0 Å². The molecule has 0 bridgehead atoms. The summed E-state index contributed by atoms with van der Waals surface area (Å²) in [7, 11) is -3.69. The minimum atomic E-state index is -3.69. The zero-order chi connectivity index (χ0) is 14.9. The van der Waals surface area contributed by atoms with E-state index in [9.17, 15) is 18.5 Å². The van der Waals surface area contributed by atoms with Gasteiger partial charge in [-0.2, -0.15) is 0 Å². The molecule has 20 heavy (non-hydrogen) atoms. The highest BCUT2D eigenvalue weighted by Gasteiger charge is 2.25. The molecule has 1 aliphatic carbocycles. The normalized spacial score (nSPS) is 16.5. The van der Waals surface area contributed by atoms with Crippen molar-refractivity contribution >= 4 is 15.7 Å². The van der Waals surface area contributed by atoms with E-state index in [1.54, 1.807) is 13.8 Å². The lowest BCUT2D eigenvalue weighted by Crippen LogP contribution is -2.32. The molecule has 0 radical (unpaired) electrons. The Kier molecular flexibility index (Phi) is 4.10. The number of nitro benzene ring substituents is 1. The van der Waals surface area contributed by atoms with Gasteiger partial charge < -0.3 is 0 Å². The Balaban J connectivity index is 2.38. The van der Waals surface area contributed by atoms with Gasteiger partial charge in [0.2, 0.25) is 10.0 Å². The third-order valence-electron chi connectivity index (χ3n) is 3.80. The van der Waals surface area contributed by atoms with Crippen LogP contribution in [0.2, 0.25) is 0 Å². The molecule has 0 heterocycles. The molecule has 0 atom stereocenters. The maximum Gasteiger partial charge on any atom is 0.273 e. The summed E-state index contributed by atoms with van der Waals surface area (Å²) in [5, 5.41) is 11.0. The van der Waals surface area contributed by atoms with Crippen LogP contribution in [0.15, 0.2) is 17.0 Å².